The van der Waals surface area contributed by atoms with Crippen LogP contribution in [0.4, 0.5) is 11.5 Å². The number of carbonyl (C=O) groups is 1. The van der Waals surface area contributed by atoms with Crippen LogP contribution in [0.25, 0.3) is 0 Å². The number of anilines is 2. The third-order valence-electron chi connectivity index (χ3n) is 3.53. The van der Waals surface area contributed by atoms with Gasteiger partial charge < -0.3 is 14.7 Å². The van der Waals surface area contributed by atoms with Gasteiger partial charge in [-0.15, -0.1) is 0 Å². The maximum absolute atomic E-state index is 12.4. The van der Waals surface area contributed by atoms with Crippen molar-refractivity contribution in [2.45, 2.75) is 26.2 Å². The highest BCUT2D eigenvalue weighted by atomic mass is 16.5. The van der Waals surface area contributed by atoms with Crippen LogP contribution in [-0.2, 0) is 0 Å². The molecule has 2 aromatic rings. The summed E-state index contributed by atoms with van der Waals surface area (Å²) < 4.78 is 5.00. The number of piperidine rings is 1. The zero-order valence-corrected chi connectivity index (χ0v) is 12.0. The van der Waals surface area contributed by atoms with Crippen LogP contribution >= 0.6 is 0 Å². The molecule has 21 heavy (non-hydrogen) atoms. The molecule has 1 fully saturated rings. The van der Waals surface area contributed by atoms with E-state index in [1.54, 1.807) is 24.5 Å². The van der Waals surface area contributed by atoms with E-state index in [2.05, 4.69) is 15.5 Å². The number of carbonyl (C=O) groups excluding carboxylic acids is 1. The molecule has 0 aromatic carbocycles. The van der Waals surface area contributed by atoms with Crippen LogP contribution < -0.4 is 5.32 Å². The summed E-state index contributed by atoms with van der Waals surface area (Å²) in [6.07, 6.45) is 6.63. The van der Waals surface area contributed by atoms with Gasteiger partial charge >= 0.3 is 0 Å². The third kappa shape index (κ3) is 3.21. The molecule has 0 bridgehead atoms. The highest BCUT2D eigenvalue weighted by Crippen LogP contribution is 2.18. The van der Waals surface area contributed by atoms with E-state index in [1.165, 1.54) is 6.42 Å². The number of hydrogen-bond acceptors (Lipinski definition) is 5. The van der Waals surface area contributed by atoms with Crippen molar-refractivity contribution in [1.29, 1.82) is 0 Å². The molecule has 1 saturated heterocycles. The second-order valence-corrected chi connectivity index (χ2v) is 5.26. The normalized spacial score (nSPS) is 15.0. The summed E-state index contributed by atoms with van der Waals surface area (Å²) in [4.78, 5) is 18.5. The summed E-state index contributed by atoms with van der Waals surface area (Å²) in [6, 6.07) is 3.59. The molecule has 1 amide bonds. The predicted octanol–water partition coefficient (Wildman–Crippen LogP) is 2.75. The van der Waals surface area contributed by atoms with Crippen molar-refractivity contribution < 1.29 is 9.32 Å². The minimum atomic E-state index is 0.0437. The molecular formula is C15H18N4O2. The van der Waals surface area contributed by atoms with Crippen molar-refractivity contribution in [2.75, 3.05) is 18.4 Å². The van der Waals surface area contributed by atoms with E-state index in [9.17, 15) is 4.79 Å². The standard InChI is InChI=1S/C15H18N4O2/c1-11-7-14(18-21-11)17-13-8-12(9-16-10-13)15(20)19-5-3-2-4-6-19/h7-10H,2-6H2,1H3,(H,17,18). The second-order valence-electron chi connectivity index (χ2n) is 5.26. The molecule has 6 heteroatoms. The van der Waals surface area contributed by atoms with Crippen LogP contribution in [0.1, 0.15) is 35.4 Å². The maximum Gasteiger partial charge on any atom is 0.255 e. The van der Waals surface area contributed by atoms with Gasteiger partial charge in [-0.25, -0.2) is 0 Å². The molecule has 0 radical (unpaired) electrons. The van der Waals surface area contributed by atoms with Crippen LogP contribution in [0.2, 0.25) is 0 Å². The van der Waals surface area contributed by atoms with E-state index < -0.39 is 0 Å². The second kappa shape index (κ2) is 5.95. The van der Waals surface area contributed by atoms with E-state index in [0.29, 0.717) is 11.4 Å². The lowest BCUT2D eigenvalue weighted by Crippen LogP contribution is -2.35. The maximum atomic E-state index is 12.4. The topological polar surface area (TPSA) is 71.3 Å². The summed E-state index contributed by atoms with van der Waals surface area (Å²) in [7, 11) is 0. The number of nitrogens with one attached hydrogen (secondary N) is 1. The van der Waals surface area contributed by atoms with Gasteiger partial charge in [0.15, 0.2) is 5.82 Å². The fraction of sp³-hybridized carbons (Fsp3) is 0.400. The Hall–Kier alpha value is -2.37. The summed E-state index contributed by atoms with van der Waals surface area (Å²) in [6.45, 7) is 3.49. The number of pyridine rings is 1. The fourth-order valence-electron chi connectivity index (χ4n) is 2.48. The quantitative estimate of drug-likeness (QED) is 0.939. The third-order valence-corrected chi connectivity index (χ3v) is 3.53. The molecule has 1 aliphatic heterocycles. The number of aromatic nitrogens is 2. The minimum Gasteiger partial charge on any atom is -0.360 e. The first kappa shape index (κ1) is 13.6. The Morgan fingerprint density at radius 3 is 2.76 bits per heavy atom. The minimum absolute atomic E-state index is 0.0437. The fourth-order valence-corrected chi connectivity index (χ4v) is 2.48. The average Bonchev–Trinajstić information content (AvgIpc) is 2.93. The van der Waals surface area contributed by atoms with Crippen molar-refractivity contribution in [1.82, 2.24) is 15.0 Å². The van der Waals surface area contributed by atoms with Crippen LogP contribution in [0.5, 0.6) is 0 Å². The summed E-state index contributed by atoms with van der Waals surface area (Å²) in [5.74, 6) is 1.38. The Kier molecular flexibility index (Phi) is 3.85. The molecule has 6 nitrogen and oxygen atoms in total. The zero-order chi connectivity index (χ0) is 14.7. The Labute approximate surface area is 123 Å². The molecule has 2 aromatic heterocycles. The van der Waals surface area contributed by atoms with E-state index in [0.717, 1.165) is 37.4 Å². The van der Waals surface area contributed by atoms with Crippen molar-refractivity contribution in [3.05, 3.63) is 35.9 Å². The van der Waals surface area contributed by atoms with Gasteiger partial charge in [0.2, 0.25) is 0 Å². The Bertz CT molecular complexity index is 632. The van der Waals surface area contributed by atoms with Crippen LogP contribution in [0.15, 0.2) is 29.0 Å². The summed E-state index contributed by atoms with van der Waals surface area (Å²) in [5, 5.41) is 6.95. The van der Waals surface area contributed by atoms with Gasteiger partial charge in [-0.3, -0.25) is 9.78 Å². The predicted molar refractivity (Wildman–Crippen MR) is 78.5 cm³/mol. The van der Waals surface area contributed by atoms with Gasteiger partial charge in [-0.1, -0.05) is 5.16 Å². The lowest BCUT2D eigenvalue weighted by Gasteiger charge is -2.26. The molecule has 0 saturated carbocycles. The van der Waals surface area contributed by atoms with Gasteiger partial charge in [0, 0.05) is 25.4 Å². The smallest absolute Gasteiger partial charge is 0.255 e. The average molecular weight is 286 g/mol. The molecule has 0 aliphatic carbocycles. The number of nitrogens with zero attached hydrogens (tertiary/aromatic N) is 3. The van der Waals surface area contributed by atoms with E-state index in [-0.39, 0.29) is 5.91 Å². The van der Waals surface area contributed by atoms with Crippen LogP contribution in [0, 0.1) is 6.92 Å². The molecule has 1 aliphatic rings. The number of amides is 1. The first-order chi connectivity index (χ1) is 10.2. The molecule has 0 spiro atoms. The van der Waals surface area contributed by atoms with Crippen molar-refractivity contribution in [2.24, 2.45) is 0 Å². The molecule has 3 heterocycles. The number of aryl methyl sites for hydroxylation is 1. The molecule has 0 unspecified atom stereocenters. The summed E-state index contributed by atoms with van der Waals surface area (Å²) >= 11 is 0. The van der Waals surface area contributed by atoms with Crippen LogP contribution in [0.3, 0.4) is 0 Å². The Morgan fingerprint density at radius 2 is 2.05 bits per heavy atom. The monoisotopic (exact) mass is 286 g/mol. The van der Waals surface area contributed by atoms with Gasteiger partial charge in [0.05, 0.1) is 17.4 Å². The SMILES string of the molecule is Cc1cc(Nc2cncc(C(=O)N3CCCCC3)c2)no1. The number of likely N-dealkylation sites (tertiary alicyclic amines) is 1. The summed E-state index contributed by atoms with van der Waals surface area (Å²) in [5.41, 5.74) is 1.33. The lowest BCUT2D eigenvalue weighted by molar-refractivity contribution is 0.0724. The number of rotatable bonds is 3. The highest BCUT2D eigenvalue weighted by Gasteiger charge is 2.18. The van der Waals surface area contributed by atoms with E-state index >= 15 is 0 Å². The van der Waals surface area contributed by atoms with Gasteiger partial charge in [0.25, 0.3) is 5.91 Å². The van der Waals surface area contributed by atoms with Crippen molar-refractivity contribution in [3.8, 4) is 0 Å². The van der Waals surface area contributed by atoms with E-state index in [4.69, 9.17) is 4.52 Å². The zero-order valence-electron chi connectivity index (χ0n) is 12.0. The van der Waals surface area contributed by atoms with Gasteiger partial charge in [-0.05, 0) is 32.3 Å². The molecular weight excluding hydrogens is 268 g/mol. The molecule has 110 valence electrons. The van der Waals surface area contributed by atoms with Crippen molar-refractivity contribution in [3.63, 3.8) is 0 Å². The Balaban J connectivity index is 1.74. The van der Waals surface area contributed by atoms with Gasteiger partial charge in [-0.2, -0.15) is 0 Å². The first-order valence-electron chi connectivity index (χ1n) is 7.17. The van der Waals surface area contributed by atoms with Crippen molar-refractivity contribution >= 4 is 17.4 Å². The lowest BCUT2D eigenvalue weighted by atomic mass is 10.1. The number of hydrogen-bond donors (Lipinski definition) is 1. The molecule has 1 N–H and O–H groups in total. The first-order valence-corrected chi connectivity index (χ1v) is 7.17. The Morgan fingerprint density at radius 1 is 1.24 bits per heavy atom. The largest absolute Gasteiger partial charge is 0.360 e. The molecule has 3 rings (SSSR count). The van der Waals surface area contributed by atoms with Gasteiger partial charge in [0.1, 0.15) is 5.76 Å². The van der Waals surface area contributed by atoms with Crippen LogP contribution in [-0.4, -0.2) is 34.0 Å². The molecule has 0 atom stereocenters. The van der Waals surface area contributed by atoms with E-state index in [1.807, 2.05) is 11.8 Å². The highest BCUT2D eigenvalue weighted by molar-refractivity contribution is 5.94.